The molecule has 3 rings (SSSR count). The summed E-state index contributed by atoms with van der Waals surface area (Å²) >= 11 is 0. The molecule has 86 valence electrons. The van der Waals surface area contributed by atoms with E-state index in [-0.39, 0.29) is 11.5 Å². The Morgan fingerprint density at radius 1 is 0.778 bits per heavy atom. The van der Waals surface area contributed by atoms with E-state index >= 15 is 0 Å². The van der Waals surface area contributed by atoms with Crippen LogP contribution in [-0.4, -0.2) is 10.2 Å². The van der Waals surface area contributed by atoms with Gasteiger partial charge >= 0.3 is 0 Å². The normalized spacial score (nSPS) is 10.6. The minimum Gasteiger partial charge on any atom is -0.507 e. The van der Waals surface area contributed by atoms with Gasteiger partial charge in [0.15, 0.2) is 0 Å². The van der Waals surface area contributed by atoms with Gasteiger partial charge in [-0.1, -0.05) is 36.4 Å². The molecule has 2 N–H and O–H groups in total. The minimum atomic E-state index is 0.0375. The van der Waals surface area contributed by atoms with Crippen LogP contribution in [0.5, 0.6) is 11.5 Å². The van der Waals surface area contributed by atoms with Crippen LogP contribution in [0.1, 0.15) is 5.56 Å². The summed E-state index contributed by atoms with van der Waals surface area (Å²) in [6.07, 6.45) is 0. The second-order valence-corrected chi connectivity index (χ2v) is 4.08. The van der Waals surface area contributed by atoms with Gasteiger partial charge in [0.1, 0.15) is 11.5 Å². The smallest absolute Gasteiger partial charge is 0.132 e. The Kier molecular flexibility index (Phi) is 2.11. The van der Waals surface area contributed by atoms with Gasteiger partial charge in [-0.15, -0.1) is 0 Å². The van der Waals surface area contributed by atoms with Gasteiger partial charge in [0.25, 0.3) is 0 Å². The molecule has 0 radical (unpaired) electrons. The Morgan fingerprint density at radius 3 is 2.06 bits per heavy atom. The highest BCUT2D eigenvalue weighted by Gasteiger charge is 2.14. The summed E-state index contributed by atoms with van der Waals surface area (Å²) in [5, 5.41) is 31.6. The lowest BCUT2D eigenvalue weighted by Crippen LogP contribution is -1.84. The highest BCUT2D eigenvalue weighted by molar-refractivity contribution is 6.12. The topological polar surface area (TPSA) is 64.2 Å². The molecule has 3 heteroatoms. The van der Waals surface area contributed by atoms with Crippen LogP contribution in [0.25, 0.3) is 21.5 Å². The van der Waals surface area contributed by atoms with Crippen LogP contribution < -0.4 is 0 Å². The predicted octanol–water partition coefficient (Wildman–Crippen LogP) is 3.28. The predicted molar refractivity (Wildman–Crippen MR) is 69.5 cm³/mol. The molecule has 0 aliphatic rings. The number of hydrogen-bond acceptors (Lipinski definition) is 3. The SMILES string of the molecule is N#Cc1cccc2c(O)c3ccccc3c(O)c12. The zero-order chi connectivity index (χ0) is 12.7. The molecule has 0 amide bonds. The largest absolute Gasteiger partial charge is 0.507 e. The van der Waals surface area contributed by atoms with E-state index in [9.17, 15) is 10.2 Å². The van der Waals surface area contributed by atoms with Crippen LogP contribution in [0.3, 0.4) is 0 Å². The monoisotopic (exact) mass is 235 g/mol. The van der Waals surface area contributed by atoms with Gasteiger partial charge in [0.05, 0.1) is 11.6 Å². The summed E-state index contributed by atoms with van der Waals surface area (Å²) in [5.74, 6) is 0.131. The van der Waals surface area contributed by atoms with Crippen molar-refractivity contribution in [3.63, 3.8) is 0 Å². The Labute approximate surface area is 103 Å². The van der Waals surface area contributed by atoms with E-state index in [0.29, 0.717) is 27.1 Å². The number of aromatic hydroxyl groups is 2. The van der Waals surface area contributed by atoms with Crippen molar-refractivity contribution in [2.75, 3.05) is 0 Å². The fourth-order valence-corrected chi connectivity index (χ4v) is 2.27. The lowest BCUT2D eigenvalue weighted by atomic mass is 9.97. The molecule has 0 saturated heterocycles. The van der Waals surface area contributed by atoms with Crippen LogP contribution in [0.15, 0.2) is 42.5 Å². The van der Waals surface area contributed by atoms with Crippen molar-refractivity contribution in [3.8, 4) is 17.6 Å². The standard InChI is InChI=1S/C15H9NO2/c16-8-9-4-3-7-12-13(9)15(18)11-6-2-1-5-10(11)14(12)17/h1-7,17-18H. The third kappa shape index (κ3) is 1.23. The lowest BCUT2D eigenvalue weighted by Gasteiger charge is -2.10. The molecule has 18 heavy (non-hydrogen) atoms. The van der Waals surface area contributed by atoms with E-state index in [0.717, 1.165) is 0 Å². The number of phenolic OH excluding ortho intramolecular Hbond substituents is 2. The molecular formula is C15H9NO2. The third-order valence-electron chi connectivity index (χ3n) is 3.11. The number of benzene rings is 3. The maximum Gasteiger partial charge on any atom is 0.132 e. The van der Waals surface area contributed by atoms with Crippen molar-refractivity contribution in [2.45, 2.75) is 0 Å². The maximum atomic E-state index is 10.3. The van der Waals surface area contributed by atoms with Gasteiger partial charge in [0.2, 0.25) is 0 Å². The van der Waals surface area contributed by atoms with Crippen molar-refractivity contribution >= 4 is 21.5 Å². The molecule has 0 unspecified atom stereocenters. The fourth-order valence-electron chi connectivity index (χ4n) is 2.27. The van der Waals surface area contributed by atoms with E-state index in [2.05, 4.69) is 0 Å². The first kappa shape index (κ1) is 10.4. The zero-order valence-electron chi connectivity index (χ0n) is 9.38. The van der Waals surface area contributed by atoms with Gasteiger partial charge in [-0.25, -0.2) is 0 Å². The second-order valence-electron chi connectivity index (χ2n) is 4.08. The number of hydrogen-bond donors (Lipinski definition) is 2. The van der Waals surface area contributed by atoms with Gasteiger partial charge < -0.3 is 10.2 Å². The summed E-state index contributed by atoms with van der Waals surface area (Å²) < 4.78 is 0. The van der Waals surface area contributed by atoms with Crippen LogP contribution in [0, 0.1) is 11.3 Å². The Balaban J connectivity index is 2.68. The van der Waals surface area contributed by atoms with Crippen molar-refractivity contribution in [3.05, 3.63) is 48.0 Å². The Hall–Kier alpha value is -2.73. The highest BCUT2D eigenvalue weighted by atomic mass is 16.3. The molecule has 3 aromatic carbocycles. The summed E-state index contributed by atoms with van der Waals surface area (Å²) in [6.45, 7) is 0. The van der Waals surface area contributed by atoms with Crippen LogP contribution in [0.4, 0.5) is 0 Å². The first-order valence-corrected chi connectivity index (χ1v) is 5.49. The van der Waals surface area contributed by atoms with E-state index in [4.69, 9.17) is 5.26 Å². The number of nitriles is 1. The summed E-state index contributed by atoms with van der Waals surface area (Å²) in [7, 11) is 0. The molecule has 3 nitrogen and oxygen atoms in total. The Morgan fingerprint density at radius 2 is 1.39 bits per heavy atom. The second kappa shape index (κ2) is 3.64. The van der Waals surface area contributed by atoms with E-state index in [1.165, 1.54) is 0 Å². The first-order valence-electron chi connectivity index (χ1n) is 5.49. The molecule has 0 bridgehead atoms. The molecule has 0 fully saturated rings. The first-order chi connectivity index (χ1) is 8.74. The summed E-state index contributed by atoms with van der Waals surface area (Å²) in [6, 6.07) is 14.1. The minimum absolute atomic E-state index is 0.0375. The number of fused-ring (bicyclic) bond motifs is 2. The molecule has 3 aromatic rings. The number of rotatable bonds is 0. The van der Waals surface area contributed by atoms with Crippen molar-refractivity contribution < 1.29 is 10.2 Å². The van der Waals surface area contributed by atoms with E-state index < -0.39 is 0 Å². The zero-order valence-corrected chi connectivity index (χ0v) is 9.38. The van der Waals surface area contributed by atoms with Crippen LogP contribution >= 0.6 is 0 Å². The quantitative estimate of drug-likeness (QED) is 0.464. The molecule has 0 spiro atoms. The van der Waals surface area contributed by atoms with Crippen molar-refractivity contribution in [1.82, 2.24) is 0 Å². The molecule has 0 aliphatic heterocycles. The summed E-state index contributed by atoms with van der Waals surface area (Å²) in [4.78, 5) is 0. The lowest BCUT2D eigenvalue weighted by molar-refractivity contribution is 0.478. The average molecular weight is 235 g/mol. The molecule has 0 aromatic heterocycles. The molecular weight excluding hydrogens is 226 g/mol. The maximum absolute atomic E-state index is 10.3. The van der Waals surface area contributed by atoms with E-state index in [1.807, 2.05) is 6.07 Å². The fraction of sp³-hybridized carbons (Fsp3) is 0. The van der Waals surface area contributed by atoms with Crippen LogP contribution in [-0.2, 0) is 0 Å². The van der Waals surface area contributed by atoms with Gasteiger partial charge in [-0.2, -0.15) is 5.26 Å². The van der Waals surface area contributed by atoms with Gasteiger partial charge in [0, 0.05) is 21.5 Å². The van der Waals surface area contributed by atoms with E-state index in [1.54, 1.807) is 42.5 Å². The van der Waals surface area contributed by atoms with Gasteiger partial charge in [-0.05, 0) is 6.07 Å². The molecule has 0 aliphatic carbocycles. The third-order valence-corrected chi connectivity index (χ3v) is 3.11. The molecule has 0 saturated carbocycles. The number of phenols is 2. The van der Waals surface area contributed by atoms with Crippen molar-refractivity contribution in [2.24, 2.45) is 0 Å². The Bertz CT molecular complexity index is 816. The van der Waals surface area contributed by atoms with Gasteiger partial charge in [-0.3, -0.25) is 0 Å². The van der Waals surface area contributed by atoms with Crippen LogP contribution in [0.2, 0.25) is 0 Å². The summed E-state index contributed by atoms with van der Waals surface area (Å²) in [5.41, 5.74) is 0.353. The highest BCUT2D eigenvalue weighted by Crippen LogP contribution is 2.42. The number of nitrogens with zero attached hydrogens (tertiary/aromatic N) is 1. The van der Waals surface area contributed by atoms with Crippen molar-refractivity contribution in [1.29, 1.82) is 5.26 Å². The molecule has 0 atom stereocenters. The molecule has 0 heterocycles. The average Bonchev–Trinajstić information content (AvgIpc) is 2.44.